The van der Waals surface area contributed by atoms with Crippen molar-refractivity contribution in [2.24, 2.45) is 0 Å². The highest BCUT2D eigenvalue weighted by Crippen LogP contribution is 2.38. The molecule has 0 aromatic carbocycles. The molecule has 1 N–H and O–H groups in total. The summed E-state index contributed by atoms with van der Waals surface area (Å²) in [4.78, 5) is 13.6. The van der Waals surface area contributed by atoms with Crippen molar-refractivity contribution in [1.82, 2.24) is 10.2 Å². The van der Waals surface area contributed by atoms with Crippen LogP contribution in [0.1, 0.15) is 10.9 Å². The minimum atomic E-state index is 0.233. The number of amides is 1. The number of nitrogens with one attached hydrogen (secondary N) is 1. The van der Waals surface area contributed by atoms with E-state index in [0.29, 0.717) is 5.75 Å². The summed E-state index contributed by atoms with van der Waals surface area (Å²) in [5.74, 6) is 0.871. The van der Waals surface area contributed by atoms with Crippen molar-refractivity contribution >= 4 is 29.0 Å². The Labute approximate surface area is 97.8 Å². The second-order valence-corrected chi connectivity index (χ2v) is 5.26. The monoisotopic (exact) mass is 242 g/mol. The quantitative estimate of drug-likeness (QED) is 0.869. The molecular formula is C10H14N2OS2. The molecule has 15 heavy (non-hydrogen) atoms. The van der Waals surface area contributed by atoms with Crippen LogP contribution in [-0.4, -0.2) is 36.7 Å². The normalized spacial score (nSPS) is 21.3. The van der Waals surface area contributed by atoms with Gasteiger partial charge in [0.15, 0.2) is 0 Å². The maximum absolute atomic E-state index is 11.7. The molecule has 0 saturated carbocycles. The van der Waals surface area contributed by atoms with E-state index in [0.717, 1.165) is 13.1 Å². The van der Waals surface area contributed by atoms with Crippen LogP contribution in [0.15, 0.2) is 16.8 Å². The fourth-order valence-corrected chi connectivity index (χ4v) is 3.59. The summed E-state index contributed by atoms with van der Waals surface area (Å²) in [6, 6.07) is 2.10. The molecule has 1 aliphatic rings. The van der Waals surface area contributed by atoms with E-state index < -0.39 is 0 Å². The number of thioether (sulfide) groups is 1. The van der Waals surface area contributed by atoms with Gasteiger partial charge in [0.25, 0.3) is 0 Å². The number of thiophene rings is 1. The second kappa shape index (κ2) is 5.01. The van der Waals surface area contributed by atoms with E-state index in [4.69, 9.17) is 0 Å². The summed E-state index contributed by atoms with van der Waals surface area (Å²) in [6.45, 7) is 1.65. The summed E-state index contributed by atoms with van der Waals surface area (Å²) >= 11 is 3.41. The van der Waals surface area contributed by atoms with Gasteiger partial charge in [-0.15, -0.1) is 11.8 Å². The molecule has 1 fully saturated rings. The van der Waals surface area contributed by atoms with E-state index in [1.807, 2.05) is 11.9 Å². The van der Waals surface area contributed by atoms with Crippen molar-refractivity contribution in [3.63, 3.8) is 0 Å². The minimum absolute atomic E-state index is 0.233. The molecule has 1 aromatic heterocycles. The van der Waals surface area contributed by atoms with Gasteiger partial charge in [-0.2, -0.15) is 11.3 Å². The number of carbonyl (C=O) groups is 1. The van der Waals surface area contributed by atoms with Gasteiger partial charge in [0.05, 0.1) is 5.75 Å². The smallest absolute Gasteiger partial charge is 0.233 e. The molecule has 82 valence electrons. The molecule has 1 atom stereocenters. The van der Waals surface area contributed by atoms with Crippen LogP contribution >= 0.6 is 23.1 Å². The molecule has 1 aromatic rings. The number of likely N-dealkylation sites (N-methyl/N-ethyl adjacent to an activating group) is 1. The van der Waals surface area contributed by atoms with Gasteiger partial charge in [0, 0.05) is 13.1 Å². The van der Waals surface area contributed by atoms with Crippen molar-refractivity contribution in [3.8, 4) is 0 Å². The minimum Gasteiger partial charge on any atom is -0.325 e. The van der Waals surface area contributed by atoms with Crippen LogP contribution in [0.4, 0.5) is 0 Å². The zero-order chi connectivity index (χ0) is 10.7. The van der Waals surface area contributed by atoms with E-state index in [-0.39, 0.29) is 11.3 Å². The summed E-state index contributed by atoms with van der Waals surface area (Å²) in [6.07, 6.45) is 0. The Bertz CT molecular complexity index is 326. The van der Waals surface area contributed by atoms with Crippen molar-refractivity contribution in [3.05, 3.63) is 22.4 Å². The first-order valence-electron chi connectivity index (χ1n) is 4.90. The largest absolute Gasteiger partial charge is 0.325 e. The molecule has 0 spiro atoms. The molecular weight excluding hydrogens is 228 g/mol. The third-order valence-corrected chi connectivity index (χ3v) is 4.36. The Hall–Kier alpha value is -0.520. The maximum atomic E-state index is 11.7. The highest BCUT2D eigenvalue weighted by molar-refractivity contribution is 8.00. The molecule has 2 heterocycles. The third-order valence-electron chi connectivity index (χ3n) is 2.40. The average molecular weight is 242 g/mol. The first kappa shape index (κ1) is 11.0. The van der Waals surface area contributed by atoms with E-state index in [1.165, 1.54) is 5.56 Å². The highest BCUT2D eigenvalue weighted by Gasteiger charge is 2.32. The Morgan fingerprint density at radius 1 is 1.67 bits per heavy atom. The predicted molar refractivity (Wildman–Crippen MR) is 65.2 cm³/mol. The van der Waals surface area contributed by atoms with E-state index >= 15 is 0 Å². The van der Waals surface area contributed by atoms with Crippen LogP contribution in [0.3, 0.4) is 0 Å². The summed E-state index contributed by atoms with van der Waals surface area (Å²) in [5, 5.41) is 7.51. The van der Waals surface area contributed by atoms with Crippen LogP contribution in [0, 0.1) is 0 Å². The molecule has 3 nitrogen and oxygen atoms in total. The molecule has 1 saturated heterocycles. The van der Waals surface area contributed by atoms with E-state index in [1.54, 1.807) is 23.1 Å². The Morgan fingerprint density at radius 3 is 3.20 bits per heavy atom. The first-order valence-corrected chi connectivity index (χ1v) is 6.90. The molecule has 1 amide bonds. The zero-order valence-corrected chi connectivity index (χ0v) is 10.2. The van der Waals surface area contributed by atoms with E-state index in [9.17, 15) is 4.79 Å². The molecule has 0 bridgehead atoms. The van der Waals surface area contributed by atoms with Crippen LogP contribution in [0.25, 0.3) is 0 Å². The van der Waals surface area contributed by atoms with Gasteiger partial charge >= 0.3 is 0 Å². The van der Waals surface area contributed by atoms with Gasteiger partial charge in [-0.3, -0.25) is 4.79 Å². The molecule has 1 unspecified atom stereocenters. The van der Waals surface area contributed by atoms with Gasteiger partial charge in [-0.05, 0) is 29.4 Å². The lowest BCUT2D eigenvalue weighted by molar-refractivity contribution is -0.127. The Kier molecular flexibility index (Phi) is 3.66. The lowest BCUT2D eigenvalue weighted by Crippen LogP contribution is -2.33. The maximum Gasteiger partial charge on any atom is 0.233 e. The van der Waals surface area contributed by atoms with Gasteiger partial charge in [0.2, 0.25) is 5.91 Å². The second-order valence-electron chi connectivity index (χ2n) is 3.41. The molecule has 0 aliphatic carbocycles. The number of nitrogens with zero attached hydrogens (tertiary/aromatic N) is 1. The summed E-state index contributed by atoms with van der Waals surface area (Å²) < 4.78 is 0. The van der Waals surface area contributed by atoms with Crippen LogP contribution in [0.2, 0.25) is 0 Å². The first-order chi connectivity index (χ1) is 7.33. The molecule has 1 aliphatic heterocycles. The lowest BCUT2D eigenvalue weighted by Gasteiger charge is -2.23. The average Bonchev–Trinajstić information content (AvgIpc) is 2.84. The summed E-state index contributed by atoms with van der Waals surface area (Å²) in [5.41, 5.74) is 1.26. The number of carbonyl (C=O) groups excluding carboxylic acids is 1. The van der Waals surface area contributed by atoms with E-state index in [2.05, 4.69) is 22.1 Å². The molecule has 0 radical (unpaired) electrons. The van der Waals surface area contributed by atoms with Gasteiger partial charge in [-0.1, -0.05) is 0 Å². The summed E-state index contributed by atoms with van der Waals surface area (Å²) in [7, 11) is 1.91. The standard InChI is InChI=1S/C10H14N2OS2/c1-11-3-4-12-9(13)7-15-10(12)8-2-5-14-6-8/h2,5-6,10-11H,3-4,7H2,1H3. The fourth-order valence-electron chi connectivity index (χ4n) is 1.62. The lowest BCUT2D eigenvalue weighted by atomic mass is 10.3. The zero-order valence-electron chi connectivity index (χ0n) is 8.60. The van der Waals surface area contributed by atoms with Crippen molar-refractivity contribution < 1.29 is 4.79 Å². The van der Waals surface area contributed by atoms with Crippen LogP contribution < -0.4 is 5.32 Å². The van der Waals surface area contributed by atoms with Crippen molar-refractivity contribution in [1.29, 1.82) is 0 Å². The van der Waals surface area contributed by atoms with Gasteiger partial charge in [0.1, 0.15) is 5.37 Å². The molecule has 2 rings (SSSR count). The van der Waals surface area contributed by atoms with Crippen LogP contribution in [-0.2, 0) is 4.79 Å². The van der Waals surface area contributed by atoms with Gasteiger partial charge in [-0.25, -0.2) is 0 Å². The van der Waals surface area contributed by atoms with Crippen molar-refractivity contribution in [2.45, 2.75) is 5.37 Å². The predicted octanol–water partition coefficient (Wildman–Crippen LogP) is 1.54. The Morgan fingerprint density at radius 2 is 2.53 bits per heavy atom. The third kappa shape index (κ3) is 2.35. The highest BCUT2D eigenvalue weighted by atomic mass is 32.2. The Balaban J connectivity index is 2.07. The van der Waals surface area contributed by atoms with Crippen LogP contribution in [0.5, 0.6) is 0 Å². The topological polar surface area (TPSA) is 32.3 Å². The number of rotatable bonds is 4. The fraction of sp³-hybridized carbons (Fsp3) is 0.500. The number of hydrogen-bond acceptors (Lipinski definition) is 4. The SMILES string of the molecule is CNCCN1C(=O)CSC1c1ccsc1. The van der Waals surface area contributed by atoms with Crippen molar-refractivity contribution in [2.75, 3.05) is 25.9 Å². The molecule has 5 heteroatoms. The number of hydrogen-bond donors (Lipinski definition) is 1. The van der Waals surface area contributed by atoms with Gasteiger partial charge < -0.3 is 10.2 Å².